The number of carbonyl (C=O) groups excluding carboxylic acids is 3. The second-order valence-corrected chi connectivity index (χ2v) is 7.88. The molecule has 0 aromatic heterocycles. The Bertz CT molecular complexity index is 728. The molecule has 1 aromatic carbocycles. The summed E-state index contributed by atoms with van der Waals surface area (Å²) in [4.78, 5) is 41.2. The summed E-state index contributed by atoms with van der Waals surface area (Å²) < 4.78 is 0. The Morgan fingerprint density at radius 2 is 1.90 bits per heavy atom. The molecule has 29 heavy (non-hydrogen) atoms. The van der Waals surface area contributed by atoms with E-state index in [-0.39, 0.29) is 30.3 Å². The first-order valence-electron chi connectivity index (χ1n) is 9.80. The lowest BCUT2D eigenvalue weighted by atomic mass is 9.98. The smallest absolute Gasteiger partial charge is 0.320 e. The van der Waals surface area contributed by atoms with Crippen LogP contribution in [0.3, 0.4) is 0 Å². The molecule has 9 heteroatoms. The SMILES string of the molecule is CC(C)(NC(=O)Nc1ccccc1)C(=O)N1CCCC(N2CCNCC2=O)C1.Cl. The second-order valence-electron chi connectivity index (χ2n) is 7.88. The summed E-state index contributed by atoms with van der Waals surface area (Å²) in [6.07, 6.45) is 1.75. The summed E-state index contributed by atoms with van der Waals surface area (Å²) in [5, 5.41) is 8.59. The Morgan fingerprint density at radius 1 is 1.17 bits per heavy atom. The van der Waals surface area contributed by atoms with Gasteiger partial charge in [-0.1, -0.05) is 18.2 Å². The highest BCUT2D eigenvalue weighted by atomic mass is 35.5. The van der Waals surface area contributed by atoms with Crippen molar-refractivity contribution < 1.29 is 14.4 Å². The molecule has 2 fully saturated rings. The van der Waals surface area contributed by atoms with Crippen molar-refractivity contribution in [1.29, 1.82) is 0 Å². The predicted octanol–water partition coefficient (Wildman–Crippen LogP) is 1.43. The van der Waals surface area contributed by atoms with Gasteiger partial charge in [0, 0.05) is 37.9 Å². The number of halogens is 1. The van der Waals surface area contributed by atoms with Gasteiger partial charge in [-0.25, -0.2) is 4.79 Å². The third kappa shape index (κ3) is 5.83. The maximum absolute atomic E-state index is 13.1. The van der Waals surface area contributed by atoms with Gasteiger partial charge in [0.05, 0.1) is 6.54 Å². The zero-order valence-electron chi connectivity index (χ0n) is 16.9. The number of likely N-dealkylation sites (tertiary alicyclic amines) is 1. The monoisotopic (exact) mass is 423 g/mol. The van der Waals surface area contributed by atoms with E-state index in [0.717, 1.165) is 19.4 Å². The van der Waals surface area contributed by atoms with Crippen LogP contribution in [0.5, 0.6) is 0 Å². The summed E-state index contributed by atoms with van der Waals surface area (Å²) >= 11 is 0. The van der Waals surface area contributed by atoms with Gasteiger partial charge >= 0.3 is 6.03 Å². The quantitative estimate of drug-likeness (QED) is 0.683. The Hall–Kier alpha value is -2.32. The van der Waals surface area contributed by atoms with Gasteiger partial charge in [0.15, 0.2) is 0 Å². The first-order valence-corrected chi connectivity index (χ1v) is 9.80. The molecule has 3 rings (SSSR count). The normalized spacial score (nSPS) is 19.9. The van der Waals surface area contributed by atoms with Crippen LogP contribution in [0.4, 0.5) is 10.5 Å². The van der Waals surface area contributed by atoms with Crippen LogP contribution >= 0.6 is 12.4 Å². The molecule has 8 nitrogen and oxygen atoms in total. The van der Waals surface area contributed by atoms with Crippen LogP contribution < -0.4 is 16.0 Å². The van der Waals surface area contributed by atoms with Gasteiger partial charge < -0.3 is 25.8 Å². The number of carbonyl (C=O) groups is 3. The number of para-hydroxylation sites is 1. The van der Waals surface area contributed by atoms with E-state index in [4.69, 9.17) is 0 Å². The molecule has 0 spiro atoms. The molecule has 160 valence electrons. The summed E-state index contributed by atoms with van der Waals surface area (Å²) in [5.74, 6) is -0.0480. The van der Waals surface area contributed by atoms with Gasteiger partial charge in [-0.2, -0.15) is 0 Å². The van der Waals surface area contributed by atoms with Crippen molar-refractivity contribution in [3.63, 3.8) is 0 Å². The molecule has 2 aliphatic rings. The zero-order chi connectivity index (χ0) is 20.1. The molecular formula is C20H30ClN5O3. The number of rotatable bonds is 4. The number of nitrogens with one attached hydrogen (secondary N) is 3. The minimum absolute atomic E-state index is 0. The molecule has 0 saturated carbocycles. The molecule has 4 amide bonds. The van der Waals surface area contributed by atoms with Gasteiger partial charge in [-0.05, 0) is 38.8 Å². The summed E-state index contributed by atoms with van der Waals surface area (Å²) in [7, 11) is 0. The van der Waals surface area contributed by atoms with Crippen LogP contribution in [-0.4, -0.2) is 71.9 Å². The van der Waals surface area contributed by atoms with Crippen LogP contribution in [0.2, 0.25) is 0 Å². The van der Waals surface area contributed by atoms with Crippen LogP contribution in [0.15, 0.2) is 30.3 Å². The van der Waals surface area contributed by atoms with Gasteiger partial charge in [0.25, 0.3) is 0 Å². The average molecular weight is 424 g/mol. The molecule has 2 heterocycles. The molecule has 1 unspecified atom stereocenters. The van der Waals surface area contributed by atoms with Crippen molar-refractivity contribution in [3.8, 4) is 0 Å². The third-order valence-electron chi connectivity index (χ3n) is 5.24. The largest absolute Gasteiger partial charge is 0.339 e. The van der Waals surface area contributed by atoms with E-state index in [1.54, 1.807) is 30.9 Å². The highest BCUT2D eigenvalue weighted by molar-refractivity contribution is 5.95. The fourth-order valence-corrected chi connectivity index (χ4v) is 3.82. The number of anilines is 1. The van der Waals surface area contributed by atoms with E-state index in [0.29, 0.717) is 31.9 Å². The standard InChI is InChI=1S/C20H29N5O3.ClH/c1-20(2,23-19(28)22-15-7-4-3-5-8-15)18(27)24-11-6-9-16(14-24)25-12-10-21-13-17(25)26;/h3-5,7-8,16,21H,6,9-14H2,1-2H3,(H2,22,23,28);1H. The number of amides is 4. The summed E-state index contributed by atoms with van der Waals surface area (Å²) in [5.41, 5.74) is -0.382. The Morgan fingerprint density at radius 3 is 2.59 bits per heavy atom. The van der Waals surface area contributed by atoms with Crippen LogP contribution in [0.1, 0.15) is 26.7 Å². The minimum Gasteiger partial charge on any atom is -0.339 e. The molecular weight excluding hydrogens is 394 g/mol. The first-order chi connectivity index (χ1) is 13.4. The van der Waals surface area contributed by atoms with Gasteiger partial charge in [0.1, 0.15) is 5.54 Å². The van der Waals surface area contributed by atoms with Crippen molar-refractivity contribution in [2.45, 2.75) is 38.3 Å². The topological polar surface area (TPSA) is 93.8 Å². The molecule has 0 aliphatic carbocycles. The molecule has 0 bridgehead atoms. The van der Waals surface area contributed by atoms with Crippen LogP contribution in [0.25, 0.3) is 0 Å². The molecule has 1 atom stereocenters. The number of hydrogen-bond acceptors (Lipinski definition) is 4. The van der Waals surface area contributed by atoms with Crippen molar-refractivity contribution in [2.24, 2.45) is 0 Å². The van der Waals surface area contributed by atoms with Crippen LogP contribution in [-0.2, 0) is 9.59 Å². The average Bonchev–Trinajstić information content (AvgIpc) is 2.68. The third-order valence-corrected chi connectivity index (χ3v) is 5.24. The number of urea groups is 1. The lowest BCUT2D eigenvalue weighted by molar-refractivity contribution is -0.143. The Labute approximate surface area is 177 Å². The number of benzene rings is 1. The van der Waals surface area contributed by atoms with E-state index in [1.165, 1.54) is 0 Å². The number of piperidine rings is 1. The van der Waals surface area contributed by atoms with Crippen molar-refractivity contribution >= 4 is 35.9 Å². The second kappa shape index (κ2) is 9.93. The Kier molecular flexibility index (Phi) is 7.87. The van der Waals surface area contributed by atoms with E-state index in [1.807, 2.05) is 23.1 Å². The number of piperazine rings is 1. The highest BCUT2D eigenvalue weighted by Gasteiger charge is 2.38. The predicted molar refractivity (Wildman–Crippen MR) is 114 cm³/mol. The lowest BCUT2D eigenvalue weighted by Gasteiger charge is -2.43. The first kappa shape index (κ1) is 23.0. The maximum Gasteiger partial charge on any atom is 0.320 e. The van der Waals surface area contributed by atoms with Crippen molar-refractivity contribution in [3.05, 3.63) is 30.3 Å². The van der Waals surface area contributed by atoms with Gasteiger partial charge in [0.2, 0.25) is 11.8 Å². The molecule has 2 aliphatic heterocycles. The highest BCUT2D eigenvalue weighted by Crippen LogP contribution is 2.20. The zero-order valence-corrected chi connectivity index (χ0v) is 17.8. The van der Waals surface area contributed by atoms with Crippen molar-refractivity contribution in [2.75, 3.05) is 38.0 Å². The lowest BCUT2D eigenvalue weighted by Crippen LogP contribution is -2.62. The number of hydrogen-bond donors (Lipinski definition) is 3. The summed E-state index contributed by atoms with van der Waals surface area (Å²) in [6.45, 7) is 6.38. The molecule has 2 saturated heterocycles. The fourth-order valence-electron chi connectivity index (χ4n) is 3.82. The van der Waals surface area contributed by atoms with E-state index >= 15 is 0 Å². The van der Waals surface area contributed by atoms with E-state index in [9.17, 15) is 14.4 Å². The molecule has 3 N–H and O–H groups in total. The van der Waals surface area contributed by atoms with Gasteiger partial charge in [-0.3, -0.25) is 9.59 Å². The van der Waals surface area contributed by atoms with Crippen molar-refractivity contribution in [1.82, 2.24) is 20.4 Å². The molecule has 1 aromatic rings. The van der Waals surface area contributed by atoms with Gasteiger partial charge in [-0.15, -0.1) is 12.4 Å². The minimum atomic E-state index is -1.05. The van der Waals surface area contributed by atoms with Crippen LogP contribution in [0, 0.1) is 0 Å². The van der Waals surface area contributed by atoms with E-state index < -0.39 is 11.6 Å². The molecule has 0 radical (unpaired) electrons. The summed E-state index contributed by atoms with van der Waals surface area (Å²) in [6, 6.07) is 8.72. The fraction of sp³-hybridized carbons (Fsp3) is 0.550. The Balaban J connectivity index is 0.00000300. The number of nitrogens with zero attached hydrogens (tertiary/aromatic N) is 2. The van der Waals surface area contributed by atoms with E-state index in [2.05, 4.69) is 16.0 Å². The maximum atomic E-state index is 13.1.